The Morgan fingerprint density at radius 2 is 1.61 bits per heavy atom. The summed E-state index contributed by atoms with van der Waals surface area (Å²) < 4.78 is 3.36. The highest BCUT2D eigenvalue weighted by atomic mass is 32.1. The van der Waals surface area contributed by atoms with Crippen molar-refractivity contribution in [1.29, 1.82) is 0 Å². The molecule has 2 heterocycles. The molecule has 0 aliphatic carbocycles. The van der Waals surface area contributed by atoms with Crippen LogP contribution >= 0.6 is 11.3 Å². The summed E-state index contributed by atoms with van der Waals surface area (Å²) in [5, 5.41) is 8.56. The summed E-state index contributed by atoms with van der Waals surface area (Å²) in [6, 6.07) is 18.5. The molecule has 4 aromatic rings. The van der Waals surface area contributed by atoms with E-state index >= 15 is 0 Å². The summed E-state index contributed by atoms with van der Waals surface area (Å²) in [4.78, 5) is 0.940. The molecular weight excluding hydrogens is 242 g/mol. The van der Waals surface area contributed by atoms with Gasteiger partial charge in [-0.15, -0.1) is 10.2 Å². The maximum absolute atomic E-state index is 4.30. The lowest BCUT2D eigenvalue weighted by Gasteiger charge is -1.98. The predicted molar refractivity (Wildman–Crippen MR) is 73.8 cm³/mol. The van der Waals surface area contributed by atoms with Gasteiger partial charge in [-0.3, -0.25) is 4.40 Å². The number of fused-ring (bicyclic) bond motifs is 3. The topological polar surface area (TPSA) is 30.2 Å². The van der Waals surface area contributed by atoms with Crippen molar-refractivity contribution in [3.63, 3.8) is 0 Å². The van der Waals surface area contributed by atoms with Crippen molar-refractivity contribution in [3.8, 4) is 11.4 Å². The van der Waals surface area contributed by atoms with Crippen molar-refractivity contribution < 1.29 is 0 Å². The maximum Gasteiger partial charge on any atom is 0.217 e. The smallest absolute Gasteiger partial charge is 0.217 e. The average Bonchev–Trinajstić information content (AvgIpc) is 2.98. The lowest BCUT2D eigenvalue weighted by Crippen LogP contribution is -1.87. The molecule has 0 unspecified atom stereocenters. The first kappa shape index (κ1) is 9.79. The van der Waals surface area contributed by atoms with Gasteiger partial charge in [0.15, 0.2) is 5.82 Å². The lowest BCUT2D eigenvalue weighted by atomic mass is 10.2. The minimum Gasteiger partial charge on any atom is -0.265 e. The van der Waals surface area contributed by atoms with E-state index in [-0.39, 0.29) is 0 Å². The van der Waals surface area contributed by atoms with E-state index in [9.17, 15) is 0 Å². The first-order valence-electron chi connectivity index (χ1n) is 5.71. The van der Waals surface area contributed by atoms with E-state index in [1.54, 1.807) is 11.3 Å². The van der Waals surface area contributed by atoms with Gasteiger partial charge < -0.3 is 0 Å². The van der Waals surface area contributed by atoms with Crippen molar-refractivity contribution in [1.82, 2.24) is 14.6 Å². The van der Waals surface area contributed by atoms with Crippen LogP contribution in [0.4, 0.5) is 0 Å². The zero-order chi connectivity index (χ0) is 11.9. The Hall–Kier alpha value is -2.20. The van der Waals surface area contributed by atoms with Gasteiger partial charge in [0.1, 0.15) is 0 Å². The van der Waals surface area contributed by atoms with Crippen LogP contribution in [0.25, 0.3) is 26.6 Å². The molecule has 0 saturated carbocycles. The quantitative estimate of drug-likeness (QED) is 0.517. The largest absolute Gasteiger partial charge is 0.265 e. The van der Waals surface area contributed by atoms with Crippen LogP contribution in [-0.2, 0) is 0 Å². The number of hydrogen-bond donors (Lipinski definition) is 0. The van der Waals surface area contributed by atoms with Crippen molar-refractivity contribution in [2.75, 3.05) is 0 Å². The van der Waals surface area contributed by atoms with Gasteiger partial charge >= 0.3 is 0 Å². The molecule has 0 aliphatic rings. The molecule has 4 heteroatoms. The fourth-order valence-corrected chi connectivity index (χ4v) is 3.12. The second kappa shape index (κ2) is 3.65. The van der Waals surface area contributed by atoms with Crippen molar-refractivity contribution in [2.24, 2.45) is 0 Å². The molecular formula is C14H9N3S. The Labute approximate surface area is 107 Å². The van der Waals surface area contributed by atoms with Gasteiger partial charge in [-0.05, 0) is 12.1 Å². The third kappa shape index (κ3) is 1.29. The molecule has 0 radical (unpaired) electrons. The molecule has 4 rings (SSSR count). The number of nitrogens with zero attached hydrogens (tertiary/aromatic N) is 3. The Balaban J connectivity index is 2.13. The fourth-order valence-electron chi connectivity index (χ4n) is 2.15. The number of hydrogen-bond acceptors (Lipinski definition) is 3. The van der Waals surface area contributed by atoms with Gasteiger partial charge in [-0.2, -0.15) is 0 Å². The third-order valence-corrected chi connectivity index (χ3v) is 3.98. The maximum atomic E-state index is 4.30. The summed E-state index contributed by atoms with van der Waals surface area (Å²) >= 11 is 1.67. The van der Waals surface area contributed by atoms with Crippen LogP contribution in [0.1, 0.15) is 0 Å². The average molecular weight is 251 g/mol. The van der Waals surface area contributed by atoms with Crippen LogP contribution < -0.4 is 0 Å². The molecule has 0 saturated heterocycles. The molecule has 86 valence electrons. The molecule has 18 heavy (non-hydrogen) atoms. The number of para-hydroxylation sites is 1. The van der Waals surface area contributed by atoms with Gasteiger partial charge in [-0.1, -0.05) is 53.8 Å². The highest BCUT2D eigenvalue weighted by Crippen LogP contribution is 2.29. The minimum atomic E-state index is 0.906. The van der Waals surface area contributed by atoms with E-state index in [2.05, 4.69) is 38.9 Å². The first-order valence-corrected chi connectivity index (χ1v) is 6.53. The minimum absolute atomic E-state index is 0.906. The molecule has 2 aromatic heterocycles. The third-order valence-electron chi connectivity index (χ3n) is 2.97. The monoisotopic (exact) mass is 251 g/mol. The van der Waals surface area contributed by atoms with E-state index in [1.165, 1.54) is 10.2 Å². The fraction of sp³-hybridized carbons (Fsp3) is 0. The van der Waals surface area contributed by atoms with Crippen LogP contribution in [-0.4, -0.2) is 14.6 Å². The van der Waals surface area contributed by atoms with E-state index in [0.717, 1.165) is 16.3 Å². The van der Waals surface area contributed by atoms with Gasteiger partial charge in [0, 0.05) is 5.56 Å². The van der Waals surface area contributed by atoms with Crippen LogP contribution in [0.2, 0.25) is 0 Å². The Morgan fingerprint density at radius 1 is 0.833 bits per heavy atom. The molecule has 0 atom stereocenters. The molecule has 0 bridgehead atoms. The highest BCUT2D eigenvalue weighted by Gasteiger charge is 2.12. The lowest BCUT2D eigenvalue weighted by molar-refractivity contribution is 1.12. The van der Waals surface area contributed by atoms with E-state index in [1.807, 2.05) is 30.3 Å². The van der Waals surface area contributed by atoms with Crippen molar-refractivity contribution in [2.45, 2.75) is 0 Å². The Bertz CT molecular complexity index is 830. The second-order valence-corrected chi connectivity index (χ2v) is 5.09. The van der Waals surface area contributed by atoms with E-state index in [0.29, 0.717) is 0 Å². The van der Waals surface area contributed by atoms with E-state index < -0.39 is 0 Å². The standard InChI is InChI=1S/C14H9N3S/c1-2-6-10(7-3-1)13-15-16-14-17(13)11-8-4-5-9-12(11)18-14/h1-9H. The summed E-state index contributed by atoms with van der Waals surface area (Å²) in [5.74, 6) is 0.906. The summed E-state index contributed by atoms with van der Waals surface area (Å²) in [6.45, 7) is 0. The summed E-state index contributed by atoms with van der Waals surface area (Å²) in [5.41, 5.74) is 2.26. The SMILES string of the molecule is c1ccc(-c2nnc3sc4ccccc4n23)cc1. The van der Waals surface area contributed by atoms with Crippen LogP contribution in [0.5, 0.6) is 0 Å². The normalized spacial score (nSPS) is 11.3. The molecule has 2 aromatic carbocycles. The predicted octanol–water partition coefficient (Wildman–Crippen LogP) is 3.61. The zero-order valence-electron chi connectivity index (χ0n) is 9.45. The molecule has 0 amide bonds. The summed E-state index contributed by atoms with van der Waals surface area (Å²) in [6.07, 6.45) is 0. The highest BCUT2D eigenvalue weighted by molar-refractivity contribution is 7.23. The van der Waals surface area contributed by atoms with Crippen LogP contribution in [0.15, 0.2) is 54.6 Å². The van der Waals surface area contributed by atoms with Gasteiger partial charge in [-0.25, -0.2) is 0 Å². The molecule has 0 spiro atoms. The number of aromatic nitrogens is 3. The van der Waals surface area contributed by atoms with Gasteiger partial charge in [0.25, 0.3) is 0 Å². The molecule has 3 nitrogen and oxygen atoms in total. The van der Waals surface area contributed by atoms with E-state index in [4.69, 9.17) is 0 Å². The van der Waals surface area contributed by atoms with Gasteiger partial charge in [0.05, 0.1) is 10.2 Å². The van der Waals surface area contributed by atoms with Crippen molar-refractivity contribution in [3.05, 3.63) is 54.6 Å². The Morgan fingerprint density at radius 3 is 2.50 bits per heavy atom. The van der Waals surface area contributed by atoms with Crippen LogP contribution in [0, 0.1) is 0 Å². The summed E-state index contributed by atoms with van der Waals surface area (Å²) in [7, 11) is 0. The second-order valence-electron chi connectivity index (χ2n) is 4.08. The number of rotatable bonds is 1. The first-order chi connectivity index (χ1) is 8.93. The van der Waals surface area contributed by atoms with Crippen molar-refractivity contribution >= 4 is 26.5 Å². The number of thiazole rings is 1. The zero-order valence-corrected chi connectivity index (χ0v) is 10.3. The molecule has 0 fully saturated rings. The van der Waals surface area contributed by atoms with Gasteiger partial charge in [0.2, 0.25) is 4.96 Å². The van der Waals surface area contributed by atoms with Crippen LogP contribution in [0.3, 0.4) is 0 Å². The molecule has 0 aliphatic heterocycles. The molecule has 0 N–H and O–H groups in total. The number of benzene rings is 2. The Kier molecular flexibility index (Phi) is 1.98.